The van der Waals surface area contributed by atoms with Crippen LogP contribution in [0, 0.1) is 11.8 Å². The number of unbranched alkanes of at least 4 members (excludes halogenated alkanes) is 1. The van der Waals surface area contributed by atoms with E-state index in [1.165, 1.54) is 0 Å². The van der Waals surface area contributed by atoms with Gasteiger partial charge in [0.1, 0.15) is 12.4 Å². The molecule has 2 aromatic rings. The van der Waals surface area contributed by atoms with E-state index in [0.717, 1.165) is 16.5 Å². The average Bonchev–Trinajstić information content (AvgIpc) is 3.42. The van der Waals surface area contributed by atoms with Gasteiger partial charge in [-0.05, 0) is 66.8 Å². The monoisotopic (exact) mass is 484 g/mol. The van der Waals surface area contributed by atoms with Gasteiger partial charge in [0.25, 0.3) is 0 Å². The van der Waals surface area contributed by atoms with Crippen LogP contribution >= 0.6 is 0 Å². The van der Waals surface area contributed by atoms with Gasteiger partial charge in [0.15, 0.2) is 0 Å². The van der Waals surface area contributed by atoms with Crippen molar-refractivity contribution in [2.24, 2.45) is 11.8 Å². The molecule has 0 spiro atoms. The molecule has 1 saturated heterocycles. The number of aliphatic hydroxyl groups excluding tert-OH is 2. The number of fused-ring (bicyclic) bond motifs is 1. The Balaban J connectivity index is 1.33. The Kier molecular flexibility index (Phi) is 8.78. The van der Waals surface area contributed by atoms with Crippen molar-refractivity contribution >= 4 is 16.7 Å². The summed E-state index contributed by atoms with van der Waals surface area (Å²) in [6, 6.07) is 14.1. The molecule has 7 nitrogen and oxygen atoms in total. The SMILES string of the molecule is O=C(O)CCC/C=C\C[C@@H]1[C@@H](CCC2(COc3ccc4ccccc4c3)OCCO2)[C@H](O)C[C@@H]1O. The number of hydrogen-bond acceptors (Lipinski definition) is 6. The van der Waals surface area contributed by atoms with Gasteiger partial charge in [-0.3, -0.25) is 4.79 Å². The number of carboxylic acids is 1. The molecule has 2 fully saturated rings. The zero-order valence-corrected chi connectivity index (χ0v) is 20.1. The predicted octanol–water partition coefficient (Wildman–Crippen LogP) is 4.30. The average molecular weight is 485 g/mol. The van der Waals surface area contributed by atoms with Gasteiger partial charge >= 0.3 is 5.97 Å². The number of carboxylic acid groups (broad SMARTS) is 1. The molecule has 1 saturated carbocycles. The first kappa shape index (κ1) is 25.6. The fraction of sp³-hybridized carbons (Fsp3) is 0.536. The summed E-state index contributed by atoms with van der Waals surface area (Å²) in [4.78, 5) is 10.6. The summed E-state index contributed by atoms with van der Waals surface area (Å²) in [7, 11) is 0. The molecule has 0 aromatic heterocycles. The molecule has 4 rings (SSSR count). The van der Waals surface area contributed by atoms with Crippen LogP contribution in [0.4, 0.5) is 0 Å². The molecular formula is C28H36O7. The Morgan fingerprint density at radius 2 is 1.77 bits per heavy atom. The molecule has 2 aliphatic rings. The third-order valence-electron chi connectivity index (χ3n) is 7.21. The molecule has 3 N–H and O–H groups in total. The number of allylic oxidation sites excluding steroid dienone is 2. The fourth-order valence-corrected chi connectivity index (χ4v) is 5.28. The van der Waals surface area contributed by atoms with E-state index in [1.54, 1.807) is 0 Å². The lowest BCUT2D eigenvalue weighted by Gasteiger charge is -2.30. The summed E-state index contributed by atoms with van der Waals surface area (Å²) in [5.74, 6) is -1.03. The molecule has 7 heteroatoms. The Bertz CT molecular complexity index is 998. The van der Waals surface area contributed by atoms with Gasteiger partial charge in [-0.15, -0.1) is 0 Å². The third kappa shape index (κ3) is 6.82. The lowest BCUT2D eigenvalue weighted by Crippen LogP contribution is -2.38. The van der Waals surface area contributed by atoms with Gasteiger partial charge in [-0.25, -0.2) is 0 Å². The molecule has 0 bridgehead atoms. The second-order valence-corrected chi connectivity index (χ2v) is 9.64. The number of aliphatic hydroxyl groups is 2. The molecule has 4 atom stereocenters. The van der Waals surface area contributed by atoms with Gasteiger partial charge in [0.2, 0.25) is 5.79 Å². The van der Waals surface area contributed by atoms with Crippen molar-refractivity contribution in [3.05, 3.63) is 54.6 Å². The van der Waals surface area contributed by atoms with Crippen LogP contribution in [0.1, 0.15) is 44.9 Å². The van der Waals surface area contributed by atoms with Gasteiger partial charge in [-0.1, -0.05) is 42.5 Å². The molecular weight excluding hydrogens is 448 g/mol. The topological polar surface area (TPSA) is 105 Å². The van der Waals surface area contributed by atoms with Crippen molar-refractivity contribution < 1.29 is 34.3 Å². The van der Waals surface area contributed by atoms with Crippen molar-refractivity contribution in [2.75, 3.05) is 19.8 Å². The maximum Gasteiger partial charge on any atom is 0.303 e. The molecule has 190 valence electrons. The minimum Gasteiger partial charge on any atom is -0.488 e. The van der Waals surface area contributed by atoms with Crippen molar-refractivity contribution in [1.82, 2.24) is 0 Å². The highest BCUT2D eigenvalue weighted by molar-refractivity contribution is 5.83. The first-order valence-electron chi connectivity index (χ1n) is 12.6. The zero-order valence-electron chi connectivity index (χ0n) is 20.1. The normalized spacial score (nSPS) is 26.0. The number of carbonyl (C=O) groups is 1. The third-order valence-corrected chi connectivity index (χ3v) is 7.21. The van der Waals surface area contributed by atoms with E-state index in [2.05, 4.69) is 6.07 Å². The van der Waals surface area contributed by atoms with Gasteiger partial charge in [-0.2, -0.15) is 0 Å². The van der Waals surface area contributed by atoms with Crippen LogP contribution in [0.5, 0.6) is 5.75 Å². The molecule has 0 unspecified atom stereocenters. The Hall–Kier alpha value is -2.45. The summed E-state index contributed by atoms with van der Waals surface area (Å²) in [6.07, 6.45) is 6.51. The van der Waals surface area contributed by atoms with Crippen molar-refractivity contribution in [2.45, 2.75) is 62.9 Å². The number of ether oxygens (including phenoxy) is 3. The molecule has 0 radical (unpaired) electrons. The largest absolute Gasteiger partial charge is 0.488 e. The molecule has 0 amide bonds. The van der Waals surface area contributed by atoms with Crippen molar-refractivity contribution in [3.8, 4) is 5.75 Å². The summed E-state index contributed by atoms with van der Waals surface area (Å²) in [5, 5.41) is 32.2. The van der Waals surface area contributed by atoms with Crippen LogP contribution in [0.2, 0.25) is 0 Å². The van der Waals surface area contributed by atoms with Gasteiger partial charge < -0.3 is 29.5 Å². The van der Waals surface area contributed by atoms with Crippen LogP contribution in [-0.4, -0.2) is 59.1 Å². The van der Waals surface area contributed by atoms with E-state index in [0.29, 0.717) is 51.7 Å². The number of rotatable bonds is 12. The van der Waals surface area contributed by atoms with Crippen molar-refractivity contribution in [3.63, 3.8) is 0 Å². The minimum absolute atomic E-state index is 0.0550. The van der Waals surface area contributed by atoms with Crippen LogP contribution in [0.3, 0.4) is 0 Å². The first-order chi connectivity index (χ1) is 17.0. The highest BCUT2D eigenvalue weighted by Gasteiger charge is 2.44. The van der Waals surface area contributed by atoms with E-state index >= 15 is 0 Å². The molecule has 1 aliphatic carbocycles. The van der Waals surface area contributed by atoms with Crippen molar-refractivity contribution in [1.29, 1.82) is 0 Å². The van der Waals surface area contributed by atoms with Gasteiger partial charge in [0, 0.05) is 12.8 Å². The number of aliphatic carboxylic acids is 1. The van der Waals surface area contributed by atoms with Crippen LogP contribution in [0.25, 0.3) is 10.8 Å². The standard InChI is InChI=1S/C28H36O7/c29-25-18-26(30)24(23(25)9-3-1-2-4-10-27(31)32)13-14-28(34-15-16-35-28)19-33-22-12-11-20-7-5-6-8-21(20)17-22/h1,3,5-8,11-12,17,23-26,29-30H,2,4,9-10,13-16,18-19H2,(H,31,32)/b3-1-/t23-,24-,25+,26-/m1/s1. The van der Waals surface area contributed by atoms with Crippen LogP contribution in [-0.2, 0) is 14.3 Å². The maximum atomic E-state index is 10.6. The Morgan fingerprint density at radius 1 is 1.03 bits per heavy atom. The first-order valence-corrected chi connectivity index (χ1v) is 12.6. The molecule has 2 aromatic carbocycles. The number of hydrogen-bond donors (Lipinski definition) is 3. The quantitative estimate of drug-likeness (QED) is 0.305. The van der Waals surface area contributed by atoms with Crippen LogP contribution < -0.4 is 4.74 Å². The molecule has 1 heterocycles. The second-order valence-electron chi connectivity index (χ2n) is 9.64. The summed E-state index contributed by atoms with van der Waals surface area (Å²) in [5.41, 5.74) is 0. The highest BCUT2D eigenvalue weighted by Crippen LogP contribution is 2.40. The van der Waals surface area contributed by atoms with E-state index in [9.17, 15) is 15.0 Å². The smallest absolute Gasteiger partial charge is 0.303 e. The lowest BCUT2D eigenvalue weighted by atomic mass is 9.85. The van der Waals surface area contributed by atoms with E-state index in [4.69, 9.17) is 19.3 Å². The Morgan fingerprint density at radius 3 is 2.54 bits per heavy atom. The predicted molar refractivity (Wildman–Crippen MR) is 132 cm³/mol. The van der Waals surface area contributed by atoms with Gasteiger partial charge in [0.05, 0.1) is 25.4 Å². The molecule has 35 heavy (non-hydrogen) atoms. The second kappa shape index (κ2) is 12.0. The summed E-state index contributed by atoms with van der Waals surface area (Å²) < 4.78 is 18.1. The Labute approximate surface area is 206 Å². The van der Waals surface area contributed by atoms with E-state index < -0.39 is 24.0 Å². The molecule has 1 aliphatic heterocycles. The number of benzene rings is 2. The summed E-state index contributed by atoms with van der Waals surface area (Å²) in [6.45, 7) is 1.25. The summed E-state index contributed by atoms with van der Waals surface area (Å²) >= 11 is 0. The highest BCUT2D eigenvalue weighted by atomic mass is 16.8. The van der Waals surface area contributed by atoms with E-state index in [1.807, 2.05) is 48.6 Å². The maximum absolute atomic E-state index is 10.6. The lowest BCUT2D eigenvalue weighted by molar-refractivity contribution is -0.185. The minimum atomic E-state index is -0.865. The van der Waals surface area contributed by atoms with Crippen LogP contribution in [0.15, 0.2) is 54.6 Å². The fourth-order valence-electron chi connectivity index (χ4n) is 5.28. The van der Waals surface area contributed by atoms with E-state index in [-0.39, 0.29) is 24.9 Å². The zero-order chi connectivity index (χ0) is 24.7.